The molecule has 0 spiro atoms. The predicted molar refractivity (Wildman–Crippen MR) is 60.6 cm³/mol. The maximum atomic E-state index is 11.8. The molecule has 1 aromatic heterocycles. The van der Waals surface area contributed by atoms with E-state index in [0.717, 1.165) is 17.6 Å². The van der Waals surface area contributed by atoms with Crippen LogP contribution in [0.3, 0.4) is 0 Å². The minimum atomic E-state index is -0.400. The van der Waals surface area contributed by atoms with Gasteiger partial charge in [0.1, 0.15) is 6.33 Å². The van der Waals surface area contributed by atoms with Gasteiger partial charge in [-0.25, -0.2) is 14.4 Å². The monoisotopic (exact) mass is 229 g/mol. The molecule has 1 aromatic rings. The van der Waals surface area contributed by atoms with E-state index in [0.29, 0.717) is 0 Å². The van der Waals surface area contributed by atoms with Gasteiger partial charge >= 0.3 is 0 Å². The van der Waals surface area contributed by atoms with Crippen molar-refractivity contribution in [2.24, 2.45) is 5.14 Å². The zero-order valence-electron chi connectivity index (χ0n) is 8.60. The summed E-state index contributed by atoms with van der Waals surface area (Å²) in [5, 5.41) is 6.20. The molecule has 15 heavy (non-hydrogen) atoms. The molecule has 0 saturated heterocycles. The highest BCUT2D eigenvalue weighted by Gasteiger charge is 2.10. The fourth-order valence-corrected chi connectivity index (χ4v) is 2.09. The standard InChI is InChI=1S/C6H13NS.C4H3FN2/c7-8-6-4-2-1-3-5-6;5-4-1-6-3-7-2-4/h6H,1-5,7H2;1-3H. The molecule has 0 atom stereocenters. The van der Waals surface area contributed by atoms with Crippen molar-refractivity contribution in [1.82, 2.24) is 9.97 Å². The Morgan fingerprint density at radius 2 is 1.80 bits per heavy atom. The summed E-state index contributed by atoms with van der Waals surface area (Å²) >= 11 is 1.55. The number of hydrogen-bond acceptors (Lipinski definition) is 4. The summed E-state index contributed by atoms with van der Waals surface area (Å²) < 4.78 is 11.8. The summed E-state index contributed by atoms with van der Waals surface area (Å²) in [6, 6.07) is 0. The van der Waals surface area contributed by atoms with Gasteiger partial charge in [-0.15, -0.1) is 0 Å². The molecular formula is C10H16FN3S. The van der Waals surface area contributed by atoms with Crippen LogP contribution in [0.5, 0.6) is 0 Å². The highest BCUT2D eigenvalue weighted by Crippen LogP contribution is 2.24. The largest absolute Gasteiger partial charge is 0.278 e. The Balaban J connectivity index is 0.000000151. The van der Waals surface area contributed by atoms with Crippen molar-refractivity contribution in [2.45, 2.75) is 37.4 Å². The average molecular weight is 229 g/mol. The van der Waals surface area contributed by atoms with Gasteiger partial charge < -0.3 is 0 Å². The summed E-state index contributed by atoms with van der Waals surface area (Å²) in [4.78, 5) is 6.80. The zero-order valence-corrected chi connectivity index (χ0v) is 9.42. The maximum absolute atomic E-state index is 11.8. The Bertz CT molecular complexity index is 252. The fraction of sp³-hybridized carbons (Fsp3) is 0.600. The predicted octanol–water partition coefficient (Wildman–Crippen LogP) is 2.54. The van der Waals surface area contributed by atoms with Crippen LogP contribution in [0, 0.1) is 5.82 Å². The lowest BCUT2D eigenvalue weighted by Crippen LogP contribution is -2.09. The number of aromatic nitrogens is 2. The van der Waals surface area contributed by atoms with Crippen molar-refractivity contribution in [3.05, 3.63) is 24.5 Å². The second-order valence-electron chi connectivity index (χ2n) is 3.45. The summed E-state index contributed by atoms with van der Waals surface area (Å²) in [7, 11) is 0. The molecule has 1 aliphatic rings. The van der Waals surface area contributed by atoms with Crippen LogP contribution in [0.2, 0.25) is 0 Å². The quantitative estimate of drug-likeness (QED) is 0.752. The van der Waals surface area contributed by atoms with Gasteiger partial charge in [-0.05, 0) is 12.8 Å². The van der Waals surface area contributed by atoms with Crippen molar-refractivity contribution in [2.75, 3.05) is 0 Å². The fourth-order valence-electron chi connectivity index (χ4n) is 1.48. The molecule has 1 saturated carbocycles. The van der Waals surface area contributed by atoms with E-state index >= 15 is 0 Å². The van der Waals surface area contributed by atoms with Gasteiger partial charge in [-0.1, -0.05) is 31.2 Å². The topological polar surface area (TPSA) is 51.8 Å². The van der Waals surface area contributed by atoms with E-state index in [1.807, 2.05) is 0 Å². The summed E-state index contributed by atoms with van der Waals surface area (Å²) in [6.45, 7) is 0. The van der Waals surface area contributed by atoms with Gasteiger partial charge in [-0.2, -0.15) is 0 Å². The second kappa shape index (κ2) is 7.59. The zero-order chi connectivity index (χ0) is 10.9. The van der Waals surface area contributed by atoms with Gasteiger partial charge in [0.25, 0.3) is 0 Å². The average Bonchev–Trinajstić information content (AvgIpc) is 2.32. The molecule has 0 aliphatic heterocycles. The van der Waals surface area contributed by atoms with E-state index in [-0.39, 0.29) is 0 Å². The van der Waals surface area contributed by atoms with Gasteiger partial charge in [0.2, 0.25) is 0 Å². The van der Waals surface area contributed by atoms with E-state index in [9.17, 15) is 4.39 Å². The van der Waals surface area contributed by atoms with E-state index < -0.39 is 5.82 Å². The smallest absolute Gasteiger partial charge is 0.159 e. The first kappa shape index (κ1) is 12.4. The number of hydrogen-bond donors (Lipinski definition) is 1. The Hall–Kier alpha value is -0.680. The van der Waals surface area contributed by atoms with Crippen LogP contribution in [-0.4, -0.2) is 15.2 Å². The molecule has 1 fully saturated rings. The van der Waals surface area contributed by atoms with Gasteiger partial charge in [0.05, 0.1) is 12.4 Å². The Morgan fingerprint density at radius 3 is 2.13 bits per heavy atom. The molecule has 5 heteroatoms. The van der Waals surface area contributed by atoms with E-state index in [4.69, 9.17) is 5.14 Å². The SMILES string of the molecule is Fc1cncnc1.NSC1CCCCC1. The highest BCUT2D eigenvalue weighted by atomic mass is 32.2. The molecule has 2 rings (SSSR count). The van der Waals surface area contributed by atoms with Crippen LogP contribution in [0.15, 0.2) is 18.7 Å². The lowest BCUT2D eigenvalue weighted by molar-refractivity contribution is 0.516. The molecule has 3 nitrogen and oxygen atoms in total. The molecule has 0 radical (unpaired) electrons. The molecule has 1 aliphatic carbocycles. The molecule has 0 bridgehead atoms. The summed E-state index contributed by atoms with van der Waals surface area (Å²) in [5.74, 6) is -0.400. The van der Waals surface area contributed by atoms with Crippen LogP contribution in [0.4, 0.5) is 4.39 Å². The lowest BCUT2D eigenvalue weighted by Gasteiger charge is -2.17. The van der Waals surface area contributed by atoms with Crippen LogP contribution in [0.25, 0.3) is 0 Å². The maximum Gasteiger partial charge on any atom is 0.159 e. The van der Waals surface area contributed by atoms with Crippen LogP contribution < -0.4 is 5.14 Å². The lowest BCUT2D eigenvalue weighted by atomic mass is 10.0. The van der Waals surface area contributed by atoms with Crippen molar-refractivity contribution < 1.29 is 4.39 Å². The minimum Gasteiger partial charge on any atom is -0.278 e. The second-order valence-corrected chi connectivity index (χ2v) is 4.39. The number of rotatable bonds is 1. The van der Waals surface area contributed by atoms with Crippen LogP contribution in [0.1, 0.15) is 32.1 Å². The third-order valence-electron chi connectivity index (χ3n) is 2.27. The van der Waals surface area contributed by atoms with E-state index in [2.05, 4.69) is 9.97 Å². The highest BCUT2D eigenvalue weighted by molar-refractivity contribution is 7.97. The molecule has 0 unspecified atom stereocenters. The van der Waals surface area contributed by atoms with E-state index in [1.165, 1.54) is 38.4 Å². The first-order chi connectivity index (χ1) is 7.33. The molecule has 2 N–H and O–H groups in total. The molecular weight excluding hydrogens is 213 g/mol. The molecule has 84 valence electrons. The third kappa shape index (κ3) is 5.69. The van der Waals surface area contributed by atoms with Crippen molar-refractivity contribution in [3.63, 3.8) is 0 Å². The van der Waals surface area contributed by atoms with Crippen molar-refractivity contribution in [3.8, 4) is 0 Å². The number of nitrogens with zero attached hydrogens (tertiary/aromatic N) is 2. The Morgan fingerprint density at radius 1 is 1.20 bits per heavy atom. The van der Waals surface area contributed by atoms with Gasteiger partial charge in [0, 0.05) is 5.25 Å². The molecule has 0 aromatic carbocycles. The summed E-state index contributed by atoms with van der Waals surface area (Å²) in [6.07, 6.45) is 10.4. The third-order valence-corrected chi connectivity index (χ3v) is 3.13. The van der Waals surface area contributed by atoms with Gasteiger partial charge in [-0.3, -0.25) is 5.14 Å². The van der Waals surface area contributed by atoms with Crippen LogP contribution in [-0.2, 0) is 0 Å². The molecule has 0 amide bonds. The Kier molecular flexibility index (Phi) is 6.27. The first-order valence-electron chi connectivity index (χ1n) is 5.09. The molecule has 1 heterocycles. The van der Waals surface area contributed by atoms with Crippen LogP contribution >= 0.6 is 11.9 Å². The van der Waals surface area contributed by atoms with Crippen molar-refractivity contribution >= 4 is 11.9 Å². The summed E-state index contributed by atoms with van der Waals surface area (Å²) in [5.41, 5.74) is 0. The number of halogens is 1. The number of nitrogens with two attached hydrogens (primary N) is 1. The first-order valence-corrected chi connectivity index (χ1v) is 6.03. The minimum absolute atomic E-state index is 0.400. The van der Waals surface area contributed by atoms with Crippen molar-refractivity contribution in [1.29, 1.82) is 0 Å². The normalized spacial score (nSPS) is 16.7. The Labute approximate surface area is 93.8 Å². The van der Waals surface area contributed by atoms with Gasteiger partial charge in [0.15, 0.2) is 5.82 Å². The van der Waals surface area contributed by atoms with E-state index in [1.54, 1.807) is 11.9 Å².